The van der Waals surface area contributed by atoms with Crippen LogP contribution in [0, 0.1) is 11.3 Å². The molecule has 1 rings (SSSR count). The molecule has 1 aromatic rings. The number of nitrogens with zero attached hydrogens (tertiary/aromatic N) is 2. The zero-order chi connectivity index (χ0) is 10.6. The molecule has 2 N–H and O–H groups in total. The number of carbonyl (C=O) groups excluding carboxylic acids is 1. The summed E-state index contributed by atoms with van der Waals surface area (Å²) in [5.41, 5.74) is 5.85. The first kappa shape index (κ1) is 10.1. The van der Waals surface area contributed by atoms with Crippen LogP contribution in [-0.2, 0) is 0 Å². The monoisotopic (exact) mass is 189 g/mol. The molecule has 0 aliphatic rings. The van der Waals surface area contributed by atoms with Gasteiger partial charge in [-0.05, 0) is 5.56 Å². The summed E-state index contributed by atoms with van der Waals surface area (Å²) in [6.07, 6.45) is 0. The smallest absolute Gasteiger partial charge is 0.315 e. The second-order valence-corrected chi connectivity index (χ2v) is 2.89. The summed E-state index contributed by atoms with van der Waals surface area (Å²) in [6, 6.07) is 9.84. The van der Waals surface area contributed by atoms with Crippen LogP contribution in [0.1, 0.15) is 11.6 Å². The molecule has 1 aromatic carbocycles. The molecule has 0 spiro atoms. The summed E-state index contributed by atoms with van der Waals surface area (Å²) in [5.74, 6) is 0. The van der Waals surface area contributed by atoms with Crippen LogP contribution in [-0.4, -0.2) is 18.0 Å². The Morgan fingerprint density at radius 3 is 2.50 bits per heavy atom. The predicted molar refractivity (Wildman–Crippen MR) is 52.1 cm³/mol. The zero-order valence-electron chi connectivity index (χ0n) is 7.84. The lowest BCUT2D eigenvalue weighted by Crippen LogP contribution is -2.34. The Labute approximate surface area is 82.5 Å². The molecule has 2 amide bonds. The van der Waals surface area contributed by atoms with Gasteiger partial charge in [0.15, 0.2) is 0 Å². The van der Waals surface area contributed by atoms with Gasteiger partial charge in [-0.2, -0.15) is 5.26 Å². The molecule has 72 valence electrons. The Morgan fingerprint density at radius 1 is 1.50 bits per heavy atom. The minimum atomic E-state index is -0.617. The number of nitriles is 1. The summed E-state index contributed by atoms with van der Waals surface area (Å²) in [7, 11) is 1.50. The Balaban J connectivity index is 2.95. The summed E-state index contributed by atoms with van der Waals surface area (Å²) in [4.78, 5) is 12.1. The van der Waals surface area contributed by atoms with Crippen molar-refractivity contribution in [3.63, 3.8) is 0 Å². The van der Waals surface area contributed by atoms with E-state index in [0.717, 1.165) is 5.56 Å². The SMILES string of the molecule is CN(C(N)=O)C(C#N)c1ccccc1. The third-order valence-corrected chi connectivity index (χ3v) is 1.97. The van der Waals surface area contributed by atoms with E-state index in [0.29, 0.717) is 0 Å². The minimum absolute atomic E-state index is 0.611. The van der Waals surface area contributed by atoms with Crippen molar-refractivity contribution in [1.82, 2.24) is 4.90 Å². The highest BCUT2D eigenvalue weighted by Gasteiger charge is 2.18. The van der Waals surface area contributed by atoms with Gasteiger partial charge in [-0.3, -0.25) is 0 Å². The van der Waals surface area contributed by atoms with E-state index >= 15 is 0 Å². The molecule has 0 saturated heterocycles. The maximum atomic E-state index is 10.9. The summed E-state index contributed by atoms with van der Waals surface area (Å²) in [5, 5.41) is 8.90. The van der Waals surface area contributed by atoms with Gasteiger partial charge < -0.3 is 10.6 Å². The molecule has 4 heteroatoms. The standard InChI is InChI=1S/C10H11N3O/c1-13(10(12)14)9(7-11)8-5-3-2-4-6-8/h2-6,9H,1H3,(H2,12,14). The Morgan fingerprint density at radius 2 is 2.07 bits per heavy atom. The highest BCUT2D eigenvalue weighted by molar-refractivity contribution is 5.72. The first-order chi connectivity index (χ1) is 6.66. The number of rotatable bonds is 2. The fraction of sp³-hybridized carbons (Fsp3) is 0.200. The van der Waals surface area contributed by atoms with E-state index in [9.17, 15) is 4.79 Å². The van der Waals surface area contributed by atoms with Crippen molar-refractivity contribution in [2.75, 3.05) is 7.05 Å². The summed E-state index contributed by atoms with van der Waals surface area (Å²) >= 11 is 0. The number of nitrogens with two attached hydrogens (primary N) is 1. The van der Waals surface area contributed by atoms with Crippen LogP contribution in [0.25, 0.3) is 0 Å². The van der Waals surface area contributed by atoms with E-state index < -0.39 is 12.1 Å². The first-order valence-electron chi connectivity index (χ1n) is 4.13. The van der Waals surface area contributed by atoms with Gasteiger partial charge in [0.2, 0.25) is 0 Å². The molecule has 0 heterocycles. The lowest BCUT2D eigenvalue weighted by atomic mass is 10.1. The first-order valence-corrected chi connectivity index (χ1v) is 4.13. The number of hydrogen-bond donors (Lipinski definition) is 1. The molecule has 0 bridgehead atoms. The Kier molecular flexibility index (Phi) is 3.08. The molecular formula is C10H11N3O. The number of benzene rings is 1. The second-order valence-electron chi connectivity index (χ2n) is 2.89. The third kappa shape index (κ3) is 2.02. The van der Waals surface area contributed by atoms with E-state index in [4.69, 9.17) is 11.0 Å². The van der Waals surface area contributed by atoms with Crippen LogP contribution in [0.15, 0.2) is 30.3 Å². The maximum absolute atomic E-state index is 10.9. The van der Waals surface area contributed by atoms with Crippen LogP contribution in [0.3, 0.4) is 0 Å². The quantitative estimate of drug-likeness (QED) is 0.760. The number of primary amides is 1. The molecule has 4 nitrogen and oxygen atoms in total. The van der Waals surface area contributed by atoms with E-state index in [2.05, 4.69) is 0 Å². The van der Waals surface area contributed by atoms with Crippen molar-refractivity contribution in [2.24, 2.45) is 5.73 Å². The molecule has 0 saturated carbocycles. The molecule has 0 aromatic heterocycles. The van der Waals surface area contributed by atoms with Crippen molar-refractivity contribution in [3.8, 4) is 6.07 Å². The third-order valence-electron chi connectivity index (χ3n) is 1.97. The topological polar surface area (TPSA) is 70.1 Å². The maximum Gasteiger partial charge on any atom is 0.315 e. The molecular weight excluding hydrogens is 178 g/mol. The highest BCUT2D eigenvalue weighted by Crippen LogP contribution is 2.17. The van der Waals surface area contributed by atoms with Crippen LogP contribution >= 0.6 is 0 Å². The highest BCUT2D eigenvalue weighted by atomic mass is 16.2. The number of hydrogen-bond acceptors (Lipinski definition) is 2. The Bertz CT molecular complexity index is 355. The van der Waals surface area contributed by atoms with E-state index in [-0.39, 0.29) is 0 Å². The number of carbonyl (C=O) groups is 1. The average Bonchev–Trinajstić information content (AvgIpc) is 2.20. The van der Waals surface area contributed by atoms with E-state index in [1.165, 1.54) is 11.9 Å². The van der Waals surface area contributed by atoms with Crippen LogP contribution < -0.4 is 5.73 Å². The van der Waals surface area contributed by atoms with Gasteiger partial charge in [-0.15, -0.1) is 0 Å². The fourth-order valence-electron chi connectivity index (χ4n) is 1.15. The lowest BCUT2D eigenvalue weighted by Gasteiger charge is -2.20. The Hall–Kier alpha value is -2.02. The van der Waals surface area contributed by atoms with Crippen molar-refractivity contribution in [2.45, 2.75) is 6.04 Å². The predicted octanol–water partition coefficient (Wildman–Crippen LogP) is 1.26. The van der Waals surface area contributed by atoms with Gasteiger partial charge in [0.05, 0.1) is 6.07 Å². The zero-order valence-corrected chi connectivity index (χ0v) is 7.84. The number of amides is 2. The largest absolute Gasteiger partial charge is 0.351 e. The summed E-state index contributed by atoms with van der Waals surface area (Å²) in [6.45, 7) is 0. The van der Waals surface area contributed by atoms with Crippen molar-refractivity contribution >= 4 is 6.03 Å². The molecule has 0 aliphatic heterocycles. The normalized spacial score (nSPS) is 11.4. The lowest BCUT2D eigenvalue weighted by molar-refractivity contribution is 0.210. The molecule has 1 unspecified atom stereocenters. The molecule has 0 aliphatic carbocycles. The molecule has 0 radical (unpaired) electrons. The fourth-order valence-corrected chi connectivity index (χ4v) is 1.15. The van der Waals surface area contributed by atoms with E-state index in [1.54, 1.807) is 12.1 Å². The van der Waals surface area contributed by atoms with Crippen molar-refractivity contribution in [3.05, 3.63) is 35.9 Å². The van der Waals surface area contributed by atoms with E-state index in [1.807, 2.05) is 24.3 Å². The summed E-state index contributed by atoms with van der Waals surface area (Å²) < 4.78 is 0. The average molecular weight is 189 g/mol. The van der Waals surface area contributed by atoms with Gasteiger partial charge in [-0.1, -0.05) is 30.3 Å². The van der Waals surface area contributed by atoms with Gasteiger partial charge in [-0.25, -0.2) is 4.79 Å². The van der Waals surface area contributed by atoms with Crippen molar-refractivity contribution < 1.29 is 4.79 Å². The molecule has 1 atom stereocenters. The van der Waals surface area contributed by atoms with Crippen molar-refractivity contribution in [1.29, 1.82) is 5.26 Å². The van der Waals surface area contributed by atoms with Gasteiger partial charge in [0.25, 0.3) is 0 Å². The van der Waals surface area contributed by atoms with Crippen LogP contribution in [0.5, 0.6) is 0 Å². The van der Waals surface area contributed by atoms with Crippen LogP contribution in [0.2, 0.25) is 0 Å². The minimum Gasteiger partial charge on any atom is -0.351 e. The van der Waals surface area contributed by atoms with Gasteiger partial charge in [0, 0.05) is 7.05 Å². The number of urea groups is 1. The molecule has 0 fully saturated rings. The molecule has 14 heavy (non-hydrogen) atoms. The van der Waals surface area contributed by atoms with Gasteiger partial charge in [0.1, 0.15) is 6.04 Å². The second kappa shape index (κ2) is 4.28. The van der Waals surface area contributed by atoms with Crippen LogP contribution in [0.4, 0.5) is 4.79 Å². The van der Waals surface area contributed by atoms with Gasteiger partial charge >= 0.3 is 6.03 Å².